The maximum Gasteiger partial charge on any atom is 0.190 e. The van der Waals surface area contributed by atoms with Crippen molar-refractivity contribution >= 4 is 29.3 Å². The standard InChI is InChI=1S/C18H30N4S2/c1-3-4-5-6-7-8-9-10-11-12-13-24-18-21-16(20)15(14-19)17(22-18)23-2/h3-13H2,1-2H3,(H2,20,21,22). The molecule has 1 aromatic heterocycles. The molecule has 2 N–H and O–H groups in total. The molecule has 134 valence electrons. The lowest BCUT2D eigenvalue weighted by Gasteiger charge is -2.06. The van der Waals surface area contributed by atoms with Crippen molar-refractivity contribution in [1.29, 1.82) is 5.26 Å². The molecule has 0 saturated carbocycles. The van der Waals surface area contributed by atoms with Crippen molar-refractivity contribution in [3.8, 4) is 6.07 Å². The number of hydrogen-bond donors (Lipinski definition) is 1. The number of unbranched alkanes of at least 4 members (excludes halogenated alkanes) is 9. The predicted octanol–water partition coefficient (Wildman–Crippen LogP) is 5.67. The van der Waals surface area contributed by atoms with Crippen LogP contribution in [0.15, 0.2) is 10.2 Å². The van der Waals surface area contributed by atoms with Gasteiger partial charge in [-0.1, -0.05) is 76.5 Å². The number of nitrogens with zero attached hydrogens (tertiary/aromatic N) is 3. The van der Waals surface area contributed by atoms with Gasteiger partial charge in [0.15, 0.2) is 5.16 Å². The van der Waals surface area contributed by atoms with Crippen LogP contribution in [0.5, 0.6) is 0 Å². The van der Waals surface area contributed by atoms with E-state index >= 15 is 0 Å². The molecule has 0 aliphatic heterocycles. The number of hydrogen-bond acceptors (Lipinski definition) is 6. The molecule has 0 spiro atoms. The monoisotopic (exact) mass is 366 g/mol. The SMILES string of the molecule is CCCCCCCCCCCCSc1nc(N)c(C#N)c(SC)n1. The third-order valence-electron chi connectivity index (χ3n) is 3.92. The molecule has 0 radical (unpaired) electrons. The van der Waals surface area contributed by atoms with Crippen LogP contribution in [0, 0.1) is 11.3 Å². The predicted molar refractivity (Wildman–Crippen MR) is 106 cm³/mol. The number of anilines is 1. The van der Waals surface area contributed by atoms with Crippen molar-refractivity contribution in [3.05, 3.63) is 5.56 Å². The molecule has 6 heteroatoms. The van der Waals surface area contributed by atoms with Crippen LogP contribution in [-0.2, 0) is 0 Å². The summed E-state index contributed by atoms with van der Waals surface area (Å²) in [6.45, 7) is 2.26. The van der Waals surface area contributed by atoms with Gasteiger partial charge < -0.3 is 5.73 Å². The van der Waals surface area contributed by atoms with E-state index in [1.807, 2.05) is 6.26 Å². The smallest absolute Gasteiger partial charge is 0.190 e. The van der Waals surface area contributed by atoms with Gasteiger partial charge in [-0.25, -0.2) is 9.97 Å². The Bertz CT molecular complexity index is 514. The highest BCUT2D eigenvalue weighted by atomic mass is 32.2. The van der Waals surface area contributed by atoms with E-state index in [4.69, 9.17) is 11.0 Å². The first-order chi connectivity index (χ1) is 11.7. The first-order valence-corrected chi connectivity index (χ1v) is 11.2. The van der Waals surface area contributed by atoms with Gasteiger partial charge in [-0.15, -0.1) is 11.8 Å². The Morgan fingerprint density at radius 2 is 1.54 bits per heavy atom. The summed E-state index contributed by atoms with van der Waals surface area (Å²) in [5.41, 5.74) is 6.23. The molecule has 0 aliphatic carbocycles. The van der Waals surface area contributed by atoms with E-state index in [1.54, 1.807) is 11.8 Å². The normalized spacial score (nSPS) is 10.7. The third-order valence-corrected chi connectivity index (χ3v) is 5.53. The van der Waals surface area contributed by atoms with Crippen molar-refractivity contribution in [2.45, 2.75) is 81.3 Å². The highest BCUT2D eigenvalue weighted by Gasteiger charge is 2.11. The van der Waals surface area contributed by atoms with Gasteiger partial charge in [-0.05, 0) is 12.7 Å². The summed E-state index contributed by atoms with van der Waals surface area (Å²) in [4.78, 5) is 8.65. The lowest BCUT2D eigenvalue weighted by atomic mass is 10.1. The average Bonchev–Trinajstić information content (AvgIpc) is 2.59. The minimum Gasteiger partial charge on any atom is -0.382 e. The van der Waals surface area contributed by atoms with E-state index < -0.39 is 0 Å². The molecule has 0 atom stereocenters. The van der Waals surface area contributed by atoms with Crippen LogP contribution in [0.3, 0.4) is 0 Å². The first kappa shape index (κ1) is 21.1. The maximum atomic E-state index is 9.07. The van der Waals surface area contributed by atoms with E-state index in [1.165, 1.54) is 76.0 Å². The van der Waals surface area contributed by atoms with Crippen LogP contribution in [-0.4, -0.2) is 22.0 Å². The largest absolute Gasteiger partial charge is 0.382 e. The highest BCUT2D eigenvalue weighted by Crippen LogP contribution is 2.25. The average molecular weight is 367 g/mol. The molecular formula is C18H30N4S2. The molecular weight excluding hydrogens is 336 g/mol. The summed E-state index contributed by atoms with van der Waals surface area (Å²) in [5.74, 6) is 1.30. The lowest BCUT2D eigenvalue weighted by molar-refractivity contribution is 0.563. The van der Waals surface area contributed by atoms with Crippen LogP contribution in [0.25, 0.3) is 0 Å². The van der Waals surface area contributed by atoms with Gasteiger partial charge in [0.25, 0.3) is 0 Å². The molecule has 1 aromatic rings. The van der Waals surface area contributed by atoms with Crippen molar-refractivity contribution in [1.82, 2.24) is 9.97 Å². The summed E-state index contributed by atoms with van der Waals surface area (Å²) in [7, 11) is 0. The second kappa shape index (κ2) is 13.4. The topological polar surface area (TPSA) is 75.6 Å². The highest BCUT2D eigenvalue weighted by molar-refractivity contribution is 7.99. The number of nitrogens with two attached hydrogens (primary N) is 1. The minimum atomic E-state index is 0.294. The number of thioether (sulfide) groups is 2. The van der Waals surface area contributed by atoms with E-state index in [-0.39, 0.29) is 0 Å². The molecule has 1 heterocycles. The number of rotatable bonds is 13. The Kier molecular flexibility index (Phi) is 11.8. The second-order valence-electron chi connectivity index (χ2n) is 5.92. The zero-order chi connectivity index (χ0) is 17.6. The molecule has 24 heavy (non-hydrogen) atoms. The number of nitriles is 1. The summed E-state index contributed by atoms with van der Waals surface area (Å²) in [6, 6.07) is 2.07. The number of aromatic nitrogens is 2. The Hall–Kier alpha value is -0.930. The van der Waals surface area contributed by atoms with Crippen LogP contribution in [0.2, 0.25) is 0 Å². The Labute approximate surface area is 155 Å². The van der Waals surface area contributed by atoms with E-state index in [9.17, 15) is 0 Å². The van der Waals surface area contributed by atoms with Gasteiger partial charge in [0.1, 0.15) is 22.5 Å². The maximum absolute atomic E-state index is 9.07. The summed E-state index contributed by atoms with van der Waals surface area (Å²) in [5, 5.41) is 10.4. The van der Waals surface area contributed by atoms with Gasteiger partial charge in [0.05, 0.1) is 0 Å². The van der Waals surface area contributed by atoms with E-state index in [0.717, 1.165) is 5.75 Å². The van der Waals surface area contributed by atoms with Crippen molar-refractivity contribution < 1.29 is 0 Å². The third kappa shape index (κ3) is 8.25. The molecule has 0 bridgehead atoms. The molecule has 0 aromatic carbocycles. The minimum absolute atomic E-state index is 0.294. The van der Waals surface area contributed by atoms with Gasteiger partial charge in [-0.2, -0.15) is 5.26 Å². The summed E-state index contributed by atoms with van der Waals surface area (Å²) < 4.78 is 0. The fraction of sp³-hybridized carbons (Fsp3) is 0.722. The van der Waals surface area contributed by atoms with Gasteiger partial charge in [0, 0.05) is 5.75 Å². The van der Waals surface area contributed by atoms with Crippen LogP contribution < -0.4 is 5.73 Å². The molecule has 0 aliphatic rings. The van der Waals surface area contributed by atoms with Gasteiger partial charge in [0.2, 0.25) is 0 Å². The zero-order valence-electron chi connectivity index (χ0n) is 15.0. The molecule has 0 unspecified atom stereocenters. The summed E-state index contributed by atoms with van der Waals surface area (Å²) in [6.07, 6.45) is 15.3. The zero-order valence-corrected chi connectivity index (χ0v) is 16.6. The Balaban J connectivity index is 2.13. The molecule has 0 fully saturated rings. The first-order valence-electron chi connectivity index (χ1n) is 8.97. The molecule has 4 nitrogen and oxygen atoms in total. The second-order valence-corrected chi connectivity index (χ2v) is 7.77. The van der Waals surface area contributed by atoms with E-state index in [2.05, 4.69) is 23.0 Å². The van der Waals surface area contributed by atoms with Crippen LogP contribution >= 0.6 is 23.5 Å². The van der Waals surface area contributed by atoms with Crippen molar-refractivity contribution in [2.24, 2.45) is 0 Å². The molecule has 0 saturated heterocycles. The summed E-state index contributed by atoms with van der Waals surface area (Å²) >= 11 is 3.08. The lowest BCUT2D eigenvalue weighted by Crippen LogP contribution is -2.01. The van der Waals surface area contributed by atoms with E-state index in [0.29, 0.717) is 21.6 Å². The van der Waals surface area contributed by atoms with Crippen molar-refractivity contribution in [2.75, 3.05) is 17.7 Å². The van der Waals surface area contributed by atoms with Crippen LogP contribution in [0.1, 0.15) is 76.7 Å². The Morgan fingerprint density at radius 3 is 2.08 bits per heavy atom. The van der Waals surface area contributed by atoms with Gasteiger partial charge >= 0.3 is 0 Å². The fourth-order valence-corrected chi connectivity index (χ4v) is 3.95. The number of nitrogen functional groups attached to an aromatic ring is 1. The Morgan fingerprint density at radius 1 is 0.958 bits per heavy atom. The molecule has 1 rings (SSSR count). The quantitative estimate of drug-likeness (QED) is 0.210. The van der Waals surface area contributed by atoms with Crippen molar-refractivity contribution in [3.63, 3.8) is 0 Å². The fourth-order valence-electron chi connectivity index (χ4n) is 2.51. The van der Waals surface area contributed by atoms with Crippen LogP contribution in [0.4, 0.5) is 5.82 Å². The van der Waals surface area contributed by atoms with Gasteiger partial charge in [-0.3, -0.25) is 0 Å². The molecule has 0 amide bonds.